The zero-order chi connectivity index (χ0) is 17.7. The molecule has 0 saturated carbocycles. The van der Waals surface area contributed by atoms with E-state index in [-0.39, 0.29) is 36.0 Å². The van der Waals surface area contributed by atoms with Gasteiger partial charge >= 0.3 is 0 Å². The minimum Gasteiger partial charge on any atom is -0.497 e. The van der Waals surface area contributed by atoms with Crippen LogP contribution in [0.2, 0.25) is 0 Å². The molecule has 1 aromatic carbocycles. The van der Waals surface area contributed by atoms with Gasteiger partial charge in [-0.05, 0) is 36.6 Å². The molecule has 1 fully saturated rings. The molecule has 1 heterocycles. The first kappa shape index (κ1) is 18.6. The average Bonchev–Trinajstić information content (AvgIpc) is 2.90. The van der Waals surface area contributed by atoms with Crippen molar-refractivity contribution < 1.29 is 22.7 Å². The van der Waals surface area contributed by atoms with Crippen LogP contribution in [-0.4, -0.2) is 57.0 Å². The van der Waals surface area contributed by atoms with Crippen molar-refractivity contribution in [3.05, 3.63) is 24.3 Å². The third-order valence-electron chi connectivity index (χ3n) is 3.95. The lowest BCUT2D eigenvalue weighted by atomic mass is 10.1. The van der Waals surface area contributed by atoms with E-state index in [0.29, 0.717) is 24.5 Å². The van der Waals surface area contributed by atoms with Crippen LogP contribution in [0.25, 0.3) is 0 Å². The maximum atomic E-state index is 12.6. The molecule has 0 N–H and O–H groups in total. The normalized spacial score (nSPS) is 19.2. The van der Waals surface area contributed by atoms with Crippen molar-refractivity contribution in [2.45, 2.75) is 26.3 Å². The molecule has 1 saturated heterocycles. The van der Waals surface area contributed by atoms with Crippen LogP contribution in [0.3, 0.4) is 0 Å². The highest BCUT2D eigenvalue weighted by Gasteiger charge is 2.34. The quantitative estimate of drug-likeness (QED) is 0.745. The third kappa shape index (κ3) is 5.12. The SMILES string of the molecule is COc1ccc(OCC(=O)N(CC(C)C)[C@@H]2CCS(=O)(=O)C2)cc1. The summed E-state index contributed by atoms with van der Waals surface area (Å²) in [6, 6.07) is 6.74. The van der Waals surface area contributed by atoms with Crippen LogP contribution in [0.4, 0.5) is 0 Å². The molecule has 0 unspecified atom stereocenters. The molecule has 0 spiro atoms. The number of methoxy groups -OCH3 is 1. The zero-order valence-corrected chi connectivity index (χ0v) is 15.2. The van der Waals surface area contributed by atoms with Crippen LogP contribution >= 0.6 is 0 Å². The summed E-state index contributed by atoms with van der Waals surface area (Å²) in [5.41, 5.74) is 0. The fourth-order valence-electron chi connectivity index (χ4n) is 2.77. The molecule has 0 aliphatic carbocycles. The standard InChI is InChI=1S/C17H25NO5S/c1-13(2)10-18(14-8-9-24(20,21)12-14)17(19)11-23-16-6-4-15(22-3)5-7-16/h4-7,13-14H,8-12H2,1-3H3/t14-/m1/s1. The lowest BCUT2D eigenvalue weighted by molar-refractivity contribution is -0.135. The largest absolute Gasteiger partial charge is 0.497 e. The van der Waals surface area contributed by atoms with Crippen molar-refractivity contribution in [3.63, 3.8) is 0 Å². The molecule has 1 aliphatic heterocycles. The number of sulfone groups is 1. The summed E-state index contributed by atoms with van der Waals surface area (Å²) in [5, 5.41) is 0. The first-order valence-corrected chi connectivity index (χ1v) is 9.89. The van der Waals surface area contributed by atoms with E-state index in [9.17, 15) is 13.2 Å². The lowest BCUT2D eigenvalue weighted by Gasteiger charge is -2.29. The lowest BCUT2D eigenvalue weighted by Crippen LogP contribution is -2.45. The summed E-state index contributed by atoms with van der Waals surface area (Å²) in [7, 11) is -1.45. The zero-order valence-electron chi connectivity index (χ0n) is 14.4. The smallest absolute Gasteiger partial charge is 0.260 e. The molecule has 0 radical (unpaired) electrons. The maximum Gasteiger partial charge on any atom is 0.260 e. The van der Waals surface area contributed by atoms with Crippen molar-refractivity contribution in [1.82, 2.24) is 4.90 Å². The first-order valence-electron chi connectivity index (χ1n) is 8.07. The Balaban J connectivity index is 1.99. The van der Waals surface area contributed by atoms with Gasteiger partial charge in [-0.1, -0.05) is 13.8 Å². The topological polar surface area (TPSA) is 72.9 Å². The van der Waals surface area contributed by atoms with E-state index >= 15 is 0 Å². The molecule has 1 aromatic rings. The Kier molecular flexibility index (Phi) is 6.10. The Morgan fingerprint density at radius 2 is 1.88 bits per heavy atom. The summed E-state index contributed by atoms with van der Waals surface area (Å²) >= 11 is 0. The number of benzene rings is 1. The molecular formula is C17H25NO5S. The Morgan fingerprint density at radius 3 is 2.38 bits per heavy atom. The molecule has 24 heavy (non-hydrogen) atoms. The molecule has 6 nitrogen and oxygen atoms in total. The number of carbonyl (C=O) groups is 1. The summed E-state index contributed by atoms with van der Waals surface area (Å²) in [4.78, 5) is 14.2. The van der Waals surface area contributed by atoms with E-state index in [2.05, 4.69) is 0 Å². The van der Waals surface area contributed by atoms with E-state index in [1.807, 2.05) is 13.8 Å². The van der Waals surface area contributed by atoms with Crippen LogP contribution in [0.5, 0.6) is 11.5 Å². The summed E-state index contributed by atoms with van der Waals surface area (Å²) < 4.78 is 34.0. The number of ether oxygens (including phenoxy) is 2. The van der Waals surface area contributed by atoms with Gasteiger partial charge in [-0.25, -0.2) is 8.42 Å². The van der Waals surface area contributed by atoms with Crippen molar-refractivity contribution in [2.24, 2.45) is 5.92 Å². The van der Waals surface area contributed by atoms with Gasteiger partial charge < -0.3 is 14.4 Å². The molecule has 1 amide bonds. The number of amides is 1. The predicted molar refractivity (Wildman–Crippen MR) is 92.1 cm³/mol. The number of hydrogen-bond donors (Lipinski definition) is 0. The molecule has 7 heteroatoms. The van der Waals surface area contributed by atoms with Gasteiger partial charge in [-0.2, -0.15) is 0 Å². The monoisotopic (exact) mass is 355 g/mol. The number of carbonyl (C=O) groups excluding carboxylic acids is 1. The van der Waals surface area contributed by atoms with Crippen LogP contribution in [0, 0.1) is 5.92 Å². The molecule has 0 aromatic heterocycles. The number of hydrogen-bond acceptors (Lipinski definition) is 5. The van der Waals surface area contributed by atoms with Crippen LogP contribution in [-0.2, 0) is 14.6 Å². The van der Waals surface area contributed by atoms with Gasteiger partial charge in [-0.3, -0.25) is 4.79 Å². The molecule has 0 bridgehead atoms. The van der Waals surface area contributed by atoms with Crippen LogP contribution in [0.15, 0.2) is 24.3 Å². The minimum absolute atomic E-state index is 0.0496. The van der Waals surface area contributed by atoms with Gasteiger partial charge in [0.25, 0.3) is 5.91 Å². The van der Waals surface area contributed by atoms with Gasteiger partial charge in [-0.15, -0.1) is 0 Å². The highest BCUT2D eigenvalue weighted by molar-refractivity contribution is 7.91. The number of nitrogens with zero attached hydrogens (tertiary/aromatic N) is 1. The van der Waals surface area contributed by atoms with Crippen LogP contribution < -0.4 is 9.47 Å². The Hall–Kier alpha value is -1.76. The Labute approximate surface area is 143 Å². The highest BCUT2D eigenvalue weighted by atomic mass is 32.2. The van der Waals surface area contributed by atoms with E-state index in [0.717, 1.165) is 0 Å². The van der Waals surface area contributed by atoms with Crippen molar-refractivity contribution >= 4 is 15.7 Å². The first-order chi connectivity index (χ1) is 11.3. The predicted octanol–water partition coefficient (Wildman–Crippen LogP) is 1.75. The second kappa shape index (κ2) is 7.88. The Bertz CT molecular complexity index is 654. The van der Waals surface area contributed by atoms with Crippen LogP contribution in [0.1, 0.15) is 20.3 Å². The molecular weight excluding hydrogens is 330 g/mol. The number of rotatable bonds is 7. The van der Waals surface area contributed by atoms with E-state index in [4.69, 9.17) is 9.47 Å². The van der Waals surface area contributed by atoms with Gasteiger partial charge in [0.1, 0.15) is 11.5 Å². The van der Waals surface area contributed by atoms with E-state index < -0.39 is 9.84 Å². The van der Waals surface area contributed by atoms with Gasteiger partial charge in [0.2, 0.25) is 0 Å². The Morgan fingerprint density at radius 1 is 1.25 bits per heavy atom. The second-order valence-electron chi connectivity index (χ2n) is 6.46. The van der Waals surface area contributed by atoms with Gasteiger partial charge in [0.05, 0.1) is 18.6 Å². The third-order valence-corrected chi connectivity index (χ3v) is 5.70. The van der Waals surface area contributed by atoms with E-state index in [1.165, 1.54) is 0 Å². The summed E-state index contributed by atoms with van der Waals surface area (Å²) in [6.07, 6.45) is 0.503. The van der Waals surface area contributed by atoms with Gasteiger partial charge in [0, 0.05) is 12.6 Å². The summed E-state index contributed by atoms with van der Waals surface area (Å²) in [6.45, 7) is 4.45. The van der Waals surface area contributed by atoms with Crippen molar-refractivity contribution in [2.75, 3.05) is 31.8 Å². The fourth-order valence-corrected chi connectivity index (χ4v) is 4.50. The van der Waals surface area contributed by atoms with Gasteiger partial charge in [0.15, 0.2) is 16.4 Å². The van der Waals surface area contributed by atoms with E-state index in [1.54, 1.807) is 36.3 Å². The molecule has 134 valence electrons. The van der Waals surface area contributed by atoms with Crippen molar-refractivity contribution in [1.29, 1.82) is 0 Å². The average molecular weight is 355 g/mol. The molecule has 1 atom stereocenters. The second-order valence-corrected chi connectivity index (χ2v) is 8.69. The summed E-state index contributed by atoms with van der Waals surface area (Å²) in [5.74, 6) is 1.58. The molecule has 2 rings (SSSR count). The minimum atomic E-state index is -3.03. The fraction of sp³-hybridized carbons (Fsp3) is 0.588. The molecule has 1 aliphatic rings. The highest BCUT2D eigenvalue weighted by Crippen LogP contribution is 2.20. The maximum absolute atomic E-state index is 12.6. The van der Waals surface area contributed by atoms with Crippen molar-refractivity contribution in [3.8, 4) is 11.5 Å².